The van der Waals surface area contributed by atoms with E-state index in [0.717, 1.165) is 4.31 Å². The lowest BCUT2D eigenvalue weighted by atomic mass is 10.1. The number of nitrogens with zero attached hydrogens (tertiary/aromatic N) is 2. The lowest BCUT2D eigenvalue weighted by Gasteiger charge is -2.33. The number of rotatable bonds is 12. The van der Waals surface area contributed by atoms with Gasteiger partial charge in [-0.1, -0.05) is 86.4 Å². The number of carbonyl (C=O) groups excluding carboxylic acids is 2. The molecule has 0 aromatic heterocycles. The third kappa shape index (κ3) is 7.75. The number of benzene rings is 3. The summed E-state index contributed by atoms with van der Waals surface area (Å²) >= 11 is 12.9. The van der Waals surface area contributed by atoms with Gasteiger partial charge >= 0.3 is 0 Å². The summed E-state index contributed by atoms with van der Waals surface area (Å²) in [6, 6.07) is 20.4. The van der Waals surface area contributed by atoms with Crippen LogP contribution >= 0.6 is 23.2 Å². The molecule has 0 aliphatic rings. The molecule has 3 aromatic carbocycles. The minimum atomic E-state index is -4.11. The number of hydrogen-bond donors (Lipinski definition) is 1. The predicted molar refractivity (Wildman–Crippen MR) is 156 cm³/mol. The van der Waals surface area contributed by atoms with Gasteiger partial charge in [0.1, 0.15) is 12.6 Å². The molecule has 208 valence electrons. The van der Waals surface area contributed by atoms with E-state index in [1.165, 1.54) is 17.0 Å². The normalized spacial score (nSPS) is 12.2. The molecule has 3 rings (SSSR count). The molecule has 0 fully saturated rings. The molecule has 0 spiro atoms. The zero-order chi connectivity index (χ0) is 28.6. The van der Waals surface area contributed by atoms with Crippen molar-refractivity contribution in [3.05, 3.63) is 94.5 Å². The van der Waals surface area contributed by atoms with Crippen LogP contribution in [0.5, 0.6) is 0 Å². The number of amides is 2. The summed E-state index contributed by atoms with van der Waals surface area (Å²) in [5.74, 6) is -0.695. The van der Waals surface area contributed by atoms with Gasteiger partial charge in [0, 0.05) is 28.7 Å². The van der Waals surface area contributed by atoms with Crippen molar-refractivity contribution in [3.63, 3.8) is 0 Å². The third-order valence-electron chi connectivity index (χ3n) is 6.11. The van der Waals surface area contributed by atoms with Gasteiger partial charge in [-0.3, -0.25) is 13.9 Å². The lowest BCUT2D eigenvalue weighted by molar-refractivity contribution is -0.140. The van der Waals surface area contributed by atoms with E-state index in [1.54, 1.807) is 73.7 Å². The molecule has 0 aliphatic heterocycles. The first-order chi connectivity index (χ1) is 18.6. The maximum atomic E-state index is 14.0. The fourth-order valence-corrected chi connectivity index (χ4v) is 5.99. The Morgan fingerprint density at radius 1 is 0.872 bits per heavy atom. The van der Waals surface area contributed by atoms with E-state index in [0.29, 0.717) is 34.3 Å². The summed E-state index contributed by atoms with van der Waals surface area (Å²) in [6.07, 6.45) is 0.300. The van der Waals surface area contributed by atoms with Gasteiger partial charge in [0.05, 0.1) is 10.6 Å². The van der Waals surface area contributed by atoms with Gasteiger partial charge in [-0.05, 0) is 48.7 Å². The lowest BCUT2D eigenvalue weighted by Crippen LogP contribution is -2.52. The van der Waals surface area contributed by atoms with E-state index in [-0.39, 0.29) is 23.3 Å². The number of para-hydroxylation sites is 1. The Kier molecular flexibility index (Phi) is 10.8. The van der Waals surface area contributed by atoms with Crippen molar-refractivity contribution in [2.24, 2.45) is 5.92 Å². The van der Waals surface area contributed by atoms with Gasteiger partial charge in [-0.2, -0.15) is 0 Å². The van der Waals surface area contributed by atoms with Crippen LogP contribution in [0.3, 0.4) is 0 Å². The first-order valence-corrected chi connectivity index (χ1v) is 14.9. The van der Waals surface area contributed by atoms with Gasteiger partial charge in [0.25, 0.3) is 10.0 Å². The van der Waals surface area contributed by atoms with Crippen molar-refractivity contribution in [3.8, 4) is 0 Å². The summed E-state index contributed by atoms with van der Waals surface area (Å²) in [5.41, 5.74) is 0.796. The Hall–Kier alpha value is -3.07. The van der Waals surface area contributed by atoms with E-state index >= 15 is 0 Å². The van der Waals surface area contributed by atoms with Gasteiger partial charge in [-0.15, -0.1) is 0 Å². The minimum absolute atomic E-state index is 0.0454. The number of hydrogen-bond acceptors (Lipinski definition) is 4. The van der Waals surface area contributed by atoms with E-state index < -0.39 is 28.5 Å². The van der Waals surface area contributed by atoms with Crippen LogP contribution in [0.2, 0.25) is 10.0 Å². The highest BCUT2D eigenvalue weighted by Crippen LogP contribution is 2.28. The Bertz CT molecular complexity index is 1350. The maximum Gasteiger partial charge on any atom is 0.264 e. The molecule has 0 aliphatic carbocycles. The highest BCUT2D eigenvalue weighted by Gasteiger charge is 2.34. The van der Waals surface area contributed by atoms with Crippen LogP contribution in [0.15, 0.2) is 83.8 Å². The Labute approximate surface area is 240 Å². The van der Waals surface area contributed by atoms with Crippen LogP contribution in [0, 0.1) is 5.92 Å². The number of nitrogens with one attached hydrogen (secondary N) is 1. The monoisotopic (exact) mass is 589 g/mol. The standard InChI is InChI=1S/C29H33Cl2N3O4S/c1-4-27(29(36)32-18-21(2)3)33(19-24-25(30)16-11-17-26(24)31)28(35)20-34(22-12-7-5-8-13-22)39(37,38)23-14-9-6-10-15-23/h5-17,21,27H,4,18-20H2,1-3H3,(H,32,36)/t27-/m0/s1. The summed E-state index contributed by atoms with van der Waals surface area (Å²) < 4.78 is 28.5. The molecular formula is C29H33Cl2N3O4S. The molecule has 7 nitrogen and oxygen atoms in total. The van der Waals surface area contributed by atoms with Crippen LogP contribution in [0.25, 0.3) is 0 Å². The highest BCUT2D eigenvalue weighted by atomic mass is 35.5. The molecule has 39 heavy (non-hydrogen) atoms. The molecule has 0 bridgehead atoms. The predicted octanol–water partition coefficient (Wildman–Crippen LogP) is 5.77. The Morgan fingerprint density at radius 2 is 1.44 bits per heavy atom. The summed E-state index contributed by atoms with van der Waals surface area (Å²) in [5, 5.41) is 3.58. The van der Waals surface area contributed by atoms with Crippen LogP contribution in [-0.4, -0.2) is 44.3 Å². The van der Waals surface area contributed by atoms with Gasteiger partial charge in [-0.25, -0.2) is 8.42 Å². The fraction of sp³-hybridized carbons (Fsp3) is 0.310. The van der Waals surface area contributed by atoms with Crippen LogP contribution in [0.1, 0.15) is 32.8 Å². The van der Waals surface area contributed by atoms with Crippen molar-refractivity contribution in [1.29, 1.82) is 0 Å². The van der Waals surface area contributed by atoms with Crippen LogP contribution < -0.4 is 9.62 Å². The van der Waals surface area contributed by atoms with E-state index in [1.807, 2.05) is 13.8 Å². The first-order valence-electron chi connectivity index (χ1n) is 12.7. The molecular weight excluding hydrogens is 557 g/mol. The van der Waals surface area contributed by atoms with Crippen LogP contribution in [-0.2, 0) is 26.2 Å². The first kappa shape index (κ1) is 30.5. The molecule has 0 heterocycles. The Morgan fingerprint density at radius 3 is 1.97 bits per heavy atom. The zero-order valence-electron chi connectivity index (χ0n) is 22.2. The molecule has 0 radical (unpaired) electrons. The smallest absolute Gasteiger partial charge is 0.264 e. The van der Waals surface area contributed by atoms with Crippen molar-refractivity contribution in [2.75, 3.05) is 17.4 Å². The second kappa shape index (κ2) is 13.8. The molecule has 1 atom stereocenters. The second-order valence-electron chi connectivity index (χ2n) is 9.45. The fourth-order valence-electron chi connectivity index (χ4n) is 4.04. The highest BCUT2D eigenvalue weighted by molar-refractivity contribution is 7.92. The molecule has 3 aromatic rings. The summed E-state index contributed by atoms with van der Waals surface area (Å²) in [6.45, 7) is 5.57. The van der Waals surface area contributed by atoms with Gasteiger partial charge in [0.2, 0.25) is 11.8 Å². The second-order valence-corrected chi connectivity index (χ2v) is 12.1. The Balaban J connectivity index is 2.05. The summed E-state index contributed by atoms with van der Waals surface area (Å²) in [7, 11) is -4.11. The average molecular weight is 591 g/mol. The van der Waals surface area contributed by atoms with Crippen molar-refractivity contribution in [2.45, 2.75) is 44.7 Å². The average Bonchev–Trinajstić information content (AvgIpc) is 2.92. The quantitative estimate of drug-likeness (QED) is 0.290. The van der Waals surface area contributed by atoms with Crippen LogP contribution in [0.4, 0.5) is 5.69 Å². The molecule has 1 N–H and O–H groups in total. The maximum absolute atomic E-state index is 14.0. The minimum Gasteiger partial charge on any atom is -0.354 e. The molecule has 0 saturated carbocycles. The van der Waals surface area contributed by atoms with E-state index in [9.17, 15) is 18.0 Å². The van der Waals surface area contributed by atoms with E-state index in [2.05, 4.69) is 5.32 Å². The third-order valence-corrected chi connectivity index (χ3v) is 8.61. The molecule has 0 saturated heterocycles. The van der Waals surface area contributed by atoms with Crippen molar-refractivity contribution >= 4 is 50.7 Å². The van der Waals surface area contributed by atoms with Crippen molar-refractivity contribution in [1.82, 2.24) is 10.2 Å². The molecule has 2 amide bonds. The van der Waals surface area contributed by atoms with Crippen molar-refractivity contribution < 1.29 is 18.0 Å². The summed E-state index contributed by atoms with van der Waals surface area (Å²) in [4.78, 5) is 28.7. The van der Waals surface area contributed by atoms with Gasteiger partial charge in [0.15, 0.2) is 0 Å². The number of carbonyl (C=O) groups is 2. The van der Waals surface area contributed by atoms with E-state index in [4.69, 9.17) is 23.2 Å². The molecule has 0 unspecified atom stereocenters. The number of anilines is 1. The van der Waals surface area contributed by atoms with Gasteiger partial charge < -0.3 is 10.2 Å². The number of sulfonamides is 1. The number of halogens is 2. The topological polar surface area (TPSA) is 86.8 Å². The molecule has 10 heteroatoms. The zero-order valence-corrected chi connectivity index (χ0v) is 24.5. The largest absolute Gasteiger partial charge is 0.354 e. The SMILES string of the molecule is CC[C@@H](C(=O)NCC(C)C)N(Cc1c(Cl)cccc1Cl)C(=O)CN(c1ccccc1)S(=O)(=O)c1ccccc1.